The van der Waals surface area contributed by atoms with Gasteiger partial charge in [-0.25, -0.2) is 13.6 Å². The van der Waals surface area contributed by atoms with Crippen LogP contribution < -0.4 is 16.2 Å². The summed E-state index contributed by atoms with van der Waals surface area (Å²) >= 11 is 0. The Hall–Kier alpha value is -1.80. The minimum atomic E-state index is -3.77. The van der Waals surface area contributed by atoms with Gasteiger partial charge in [-0.15, -0.1) is 0 Å². The minimum Gasteiger partial charge on any atom is -0.397 e. The molecule has 5 N–H and O–H groups in total. The molecule has 0 fully saturated rings. The Balaban J connectivity index is 2.79. The number of benzene rings is 1. The van der Waals surface area contributed by atoms with Gasteiger partial charge in [0.1, 0.15) is 0 Å². The van der Waals surface area contributed by atoms with Crippen LogP contribution in [0.3, 0.4) is 0 Å². The standard InChI is InChI=1S/C11H18N4O3S/c1-3-15(2)11(16)7-14-10-5-4-8(6-9(10)12)19(13,17)18/h4-6,14H,3,7,12H2,1-2H3,(H2,13,17,18). The zero-order valence-corrected chi connectivity index (χ0v) is 11.7. The van der Waals surface area contributed by atoms with Crippen LogP contribution in [-0.2, 0) is 14.8 Å². The van der Waals surface area contributed by atoms with Gasteiger partial charge in [0.25, 0.3) is 0 Å². The molecule has 0 heterocycles. The van der Waals surface area contributed by atoms with Crippen molar-refractivity contribution in [2.45, 2.75) is 11.8 Å². The highest BCUT2D eigenvalue weighted by Gasteiger charge is 2.11. The molecule has 0 aliphatic rings. The fraction of sp³-hybridized carbons (Fsp3) is 0.364. The molecule has 0 atom stereocenters. The summed E-state index contributed by atoms with van der Waals surface area (Å²) in [6, 6.07) is 4.07. The van der Waals surface area contributed by atoms with Crippen molar-refractivity contribution in [1.29, 1.82) is 0 Å². The van der Waals surface area contributed by atoms with E-state index in [1.165, 1.54) is 18.2 Å². The lowest BCUT2D eigenvalue weighted by atomic mass is 10.2. The molecule has 8 heteroatoms. The van der Waals surface area contributed by atoms with Crippen molar-refractivity contribution in [2.75, 3.05) is 31.2 Å². The van der Waals surface area contributed by atoms with Crippen molar-refractivity contribution in [2.24, 2.45) is 5.14 Å². The van der Waals surface area contributed by atoms with Gasteiger partial charge in [0.05, 0.1) is 22.8 Å². The summed E-state index contributed by atoms with van der Waals surface area (Å²) in [5.41, 5.74) is 6.42. The van der Waals surface area contributed by atoms with Crippen LogP contribution >= 0.6 is 0 Å². The van der Waals surface area contributed by atoms with Gasteiger partial charge in [-0.2, -0.15) is 0 Å². The monoisotopic (exact) mass is 286 g/mol. The molecule has 0 saturated heterocycles. The minimum absolute atomic E-state index is 0.0625. The number of primary sulfonamides is 1. The normalized spacial score (nSPS) is 11.1. The maximum atomic E-state index is 11.6. The number of hydrogen-bond donors (Lipinski definition) is 3. The van der Waals surface area contributed by atoms with Gasteiger partial charge >= 0.3 is 0 Å². The Morgan fingerprint density at radius 3 is 2.53 bits per heavy atom. The number of nitrogens with zero attached hydrogens (tertiary/aromatic N) is 1. The van der Waals surface area contributed by atoms with E-state index in [1.807, 2.05) is 6.92 Å². The second-order valence-corrected chi connectivity index (χ2v) is 5.62. The molecule has 0 unspecified atom stereocenters. The Labute approximate surface area is 112 Å². The van der Waals surface area contributed by atoms with E-state index in [0.717, 1.165) is 0 Å². The molecule has 1 amide bonds. The van der Waals surface area contributed by atoms with Gasteiger partial charge in [0, 0.05) is 13.6 Å². The van der Waals surface area contributed by atoms with Crippen LogP contribution in [0.5, 0.6) is 0 Å². The summed E-state index contributed by atoms with van der Waals surface area (Å²) < 4.78 is 22.3. The second kappa shape index (κ2) is 5.89. The molecule has 0 aliphatic heterocycles. The van der Waals surface area contributed by atoms with Gasteiger partial charge in [0.15, 0.2) is 0 Å². The van der Waals surface area contributed by atoms with Gasteiger partial charge < -0.3 is 16.0 Å². The number of nitrogens with one attached hydrogen (secondary N) is 1. The molecule has 0 bridgehead atoms. The molecule has 0 radical (unpaired) electrons. The van der Waals surface area contributed by atoms with Crippen molar-refractivity contribution in [3.8, 4) is 0 Å². The number of carbonyl (C=O) groups is 1. The number of hydrogen-bond acceptors (Lipinski definition) is 5. The molecule has 106 valence electrons. The largest absolute Gasteiger partial charge is 0.397 e. The molecule has 1 aromatic rings. The highest BCUT2D eigenvalue weighted by Crippen LogP contribution is 2.21. The van der Waals surface area contributed by atoms with Crippen molar-refractivity contribution < 1.29 is 13.2 Å². The molecule has 0 aliphatic carbocycles. The Morgan fingerprint density at radius 1 is 1.42 bits per heavy atom. The van der Waals surface area contributed by atoms with Gasteiger partial charge in [-0.05, 0) is 25.1 Å². The first-order valence-corrected chi connectivity index (χ1v) is 7.20. The summed E-state index contributed by atoms with van der Waals surface area (Å²) in [4.78, 5) is 13.1. The smallest absolute Gasteiger partial charge is 0.241 e. The van der Waals surface area contributed by atoms with Crippen LogP contribution in [0.25, 0.3) is 0 Å². The Kier molecular flexibility index (Phi) is 4.73. The molecule has 1 rings (SSSR count). The predicted molar refractivity (Wildman–Crippen MR) is 74.0 cm³/mol. The number of nitrogens with two attached hydrogens (primary N) is 2. The second-order valence-electron chi connectivity index (χ2n) is 4.06. The number of rotatable bonds is 5. The number of sulfonamides is 1. The third-order valence-corrected chi connectivity index (χ3v) is 3.59. The van der Waals surface area contributed by atoms with E-state index in [1.54, 1.807) is 11.9 Å². The summed E-state index contributed by atoms with van der Waals surface area (Å²) in [5.74, 6) is -0.0857. The average molecular weight is 286 g/mol. The first kappa shape index (κ1) is 15.3. The van der Waals surface area contributed by atoms with E-state index in [2.05, 4.69) is 5.32 Å². The molecule has 19 heavy (non-hydrogen) atoms. The van der Waals surface area contributed by atoms with Gasteiger partial charge in [-0.1, -0.05) is 0 Å². The number of nitrogen functional groups attached to an aromatic ring is 1. The quantitative estimate of drug-likeness (QED) is 0.648. The molecule has 0 aromatic heterocycles. The average Bonchev–Trinajstić information content (AvgIpc) is 2.34. The molecule has 1 aromatic carbocycles. The predicted octanol–water partition coefficient (Wildman–Crippen LogP) is -0.194. The maximum Gasteiger partial charge on any atom is 0.241 e. The third kappa shape index (κ3) is 4.11. The third-order valence-electron chi connectivity index (χ3n) is 2.68. The number of likely N-dealkylation sites (N-methyl/N-ethyl adjacent to an activating group) is 1. The van der Waals surface area contributed by atoms with Crippen LogP contribution in [0.15, 0.2) is 23.1 Å². The maximum absolute atomic E-state index is 11.6. The van der Waals surface area contributed by atoms with E-state index in [9.17, 15) is 13.2 Å². The van der Waals surface area contributed by atoms with Crippen molar-refractivity contribution in [3.05, 3.63) is 18.2 Å². The van der Waals surface area contributed by atoms with E-state index in [4.69, 9.17) is 10.9 Å². The van der Waals surface area contributed by atoms with Crippen LogP contribution in [0.1, 0.15) is 6.92 Å². The number of anilines is 2. The first-order valence-electron chi connectivity index (χ1n) is 5.66. The lowest BCUT2D eigenvalue weighted by molar-refractivity contribution is -0.127. The zero-order valence-electron chi connectivity index (χ0n) is 10.9. The summed E-state index contributed by atoms with van der Waals surface area (Å²) in [7, 11) is -2.08. The lowest BCUT2D eigenvalue weighted by Crippen LogP contribution is -2.32. The highest BCUT2D eigenvalue weighted by molar-refractivity contribution is 7.89. The fourth-order valence-electron chi connectivity index (χ4n) is 1.36. The van der Waals surface area contributed by atoms with Crippen molar-refractivity contribution >= 4 is 27.3 Å². The summed E-state index contributed by atoms with van der Waals surface area (Å²) in [6.07, 6.45) is 0. The molecule has 7 nitrogen and oxygen atoms in total. The van der Waals surface area contributed by atoms with Crippen LogP contribution in [0, 0.1) is 0 Å². The van der Waals surface area contributed by atoms with Gasteiger partial charge in [-0.3, -0.25) is 4.79 Å². The van der Waals surface area contributed by atoms with Crippen LogP contribution in [0.4, 0.5) is 11.4 Å². The zero-order chi connectivity index (χ0) is 14.6. The summed E-state index contributed by atoms with van der Waals surface area (Å²) in [5, 5.41) is 7.85. The Morgan fingerprint density at radius 2 is 2.05 bits per heavy atom. The molecule has 0 saturated carbocycles. The first-order chi connectivity index (χ1) is 8.75. The van der Waals surface area contributed by atoms with Crippen molar-refractivity contribution in [1.82, 2.24) is 4.90 Å². The van der Waals surface area contributed by atoms with E-state index < -0.39 is 10.0 Å². The molecule has 0 spiro atoms. The fourth-order valence-corrected chi connectivity index (χ4v) is 1.91. The number of carbonyl (C=O) groups excluding carboxylic acids is 1. The SMILES string of the molecule is CCN(C)C(=O)CNc1ccc(S(N)(=O)=O)cc1N. The van der Waals surface area contributed by atoms with Crippen molar-refractivity contribution in [3.63, 3.8) is 0 Å². The summed E-state index contributed by atoms with van der Waals surface area (Å²) in [6.45, 7) is 2.57. The topological polar surface area (TPSA) is 119 Å². The van der Waals surface area contributed by atoms with Crippen LogP contribution in [0.2, 0.25) is 0 Å². The van der Waals surface area contributed by atoms with Gasteiger partial charge in [0.2, 0.25) is 15.9 Å². The lowest BCUT2D eigenvalue weighted by Gasteiger charge is -2.16. The van der Waals surface area contributed by atoms with E-state index >= 15 is 0 Å². The van der Waals surface area contributed by atoms with E-state index in [0.29, 0.717) is 12.2 Å². The van der Waals surface area contributed by atoms with E-state index in [-0.39, 0.29) is 23.0 Å². The molecular formula is C11H18N4O3S. The Bertz CT molecular complexity index is 571. The van der Waals surface area contributed by atoms with Crippen LogP contribution in [-0.4, -0.2) is 39.4 Å². The number of amides is 1. The highest BCUT2D eigenvalue weighted by atomic mass is 32.2. The molecular weight excluding hydrogens is 268 g/mol.